The van der Waals surface area contributed by atoms with Crippen molar-refractivity contribution in [2.75, 3.05) is 0 Å². The maximum absolute atomic E-state index is 10.5. The van der Waals surface area contributed by atoms with E-state index in [0.29, 0.717) is 6.42 Å². The van der Waals surface area contributed by atoms with Crippen LogP contribution in [0.4, 0.5) is 0 Å². The zero-order valence-electron chi connectivity index (χ0n) is 7.45. The molecule has 1 fully saturated rings. The Labute approximate surface area is 72.7 Å². The van der Waals surface area contributed by atoms with Crippen molar-refractivity contribution in [2.24, 2.45) is 0 Å². The molecule has 1 saturated heterocycles. The number of rotatable bonds is 4. The number of hydrogen-bond donors (Lipinski definition) is 1. The highest BCUT2D eigenvalue weighted by Gasteiger charge is 2.29. The lowest BCUT2D eigenvalue weighted by Crippen LogP contribution is -2.20. The molecule has 2 atom stereocenters. The summed E-state index contributed by atoms with van der Waals surface area (Å²) >= 11 is 0. The van der Waals surface area contributed by atoms with Crippen LogP contribution in [0.2, 0.25) is 0 Å². The predicted octanol–water partition coefficient (Wildman–Crippen LogP) is 1.81. The van der Waals surface area contributed by atoms with Crippen LogP contribution in [0.3, 0.4) is 0 Å². The van der Waals surface area contributed by atoms with Crippen molar-refractivity contribution in [3.63, 3.8) is 0 Å². The van der Waals surface area contributed by atoms with E-state index in [-0.39, 0.29) is 6.10 Å². The predicted molar refractivity (Wildman–Crippen MR) is 45.1 cm³/mol. The molecule has 0 radical (unpaired) electrons. The number of hydrogen-bond acceptors (Lipinski definition) is 2. The summed E-state index contributed by atoms with van der Waals surface area (Å²) in [4.78, 5) is 10.5. The third-order valence-electron chi connectivity index (χ3n) is 2.26. The second kappa shape index (κ2) is 4.45. The van der Waals surface area contributed by atoms with Gasteiger partial charge in [-0.05, 0) is 19.3 Å². The van der Waals surface area contributed by atoms with Crippen molar-refractivity contribution in [3.05, 3.63) is 0 Å². The quantitative estimate of drug-likeness (QED) is 0.703. The second-order valence-electron chi connectivity index (χ2n) is 3.30. The highest BCUT2D eigenvalue weighted by molar-refractivity contribution is 5.72. The monoisotopic (exact) mass is 172 g/mol. The average Bonchev–Trinajstić information content (AvgIpc) is 2.48. The summed E-state index contributed by atoms with van der Waals surface area (Å²) in [6.45, 7) is 2.13. The number of ether oxygens (including phenoxy) is 1. The molecule has 1 aliphatic heterocycles. The summed E-state index contributed by atoms with van der Waals surface area (Å²) in [5, 5.41) is 8.63. The van der Waals surface area contributed by atoms with Gasteiger partial charge in [0.2, 0.25) is 0 Å². The molecule has 0 saturated carbocycles. The molecule has 0 aromatic carbocycles. The summed E-state index contributed by atoms with van der Waals surface area (Å²) < 4.78 is 5.33. The van der Waals surface area contributed by atoms with Crippen LogP contribution in [0.5, 0.6) is 0 Å². The summed E-state index contributed by atoms with van der Waals surface area (Å²) in [5.41, 5.74) is 0. The first-order valence-electron chi connectivity index (χ1n) is 4.62. The van der Waals surface area contributed by atoms with Crippen molar-refractivity contribution in [3.8, 4) is 0 Å². The zero-order chi connectivity index (χ0) is 8.97. The smallest absolute Gasteiger partial charge is 0.332 e. The minimum Gasteiger partial charge on any atom is -0.479 e. The highest BCUT2D eigenvalue weighted by Crippen LogP contribution is 2.23. The average molecular weight is 172 g/mol. The Bertz CT molecular complexity index is 156. The zero-order valence-corrected chi connectivity index (χ0v) is 7.45. The van der Waals surface area contributed by atoms with E-state index in [0.717, 1.165) is 25.7 Å². The highest BCUT2D eigenvalue weighted by atomic mass is 16.5. The molecule has 3 heteroatoms. The van der Waals surface area contributed by atoms with Gasteiger partial charge in [-0.1, -0.05) is 19.8 Å². The second-order valence-corrected chi connectivity index (χ2v) is 3.30. The fraction of sp³-hybridized carbons (Fsp3) is 0.889. The lowest BCUT2D eigenvalue weighted by molar-refractivity contribution is -0.149. The maximum Gasteiger partial charge on any atom is 0.332 e. The number of carbonyl (C=O) groups is 1. The Morgan fingerprint density at radius 3 is 2.83 bits per heavy atom. The van der Waals surface area contributed by atoms with E-state index in [1.54, 1.807) is 0 Å². The van der Waals surface area contributed by atoms with E-state index in [9.17, 15) is 4.79 Å². The Morgan fingerprint density at radius 1 is 1.58 bits per heavy atom. The molecular formula is C9H16O3. The molecule has 12 heavy (non-hydrogen) atoms. The van der Waals surface area contributed by atoms with Crippen LogP contribution in [0.25, 0.3) is 0 Å². The molecule has 0 aliphatic carbocycles. The van der Waals surface area contributed by atoms with E-state index in [1.165, 1.54) is 0 Å². The van der Waals surface area contributed by atoms with Gasteiger partial charge in [0.15, 0.2) is 6.10 Å². The van der Waals surface area contributed by atoms with Crippen LogP contribution in [-0.2, 0) is 9.53 Å². The van der Waals surface area contributed by atoms with Crippen molar-refractivity contribution in [2.45, 2.75) is 51.2 Å². The van der Waals surface area contributed by atoms with Gasteiger partial charge in [-0.15, -0.1) is 0 Å². The third kappa shape index (κ3) is 2.48. The Morgan fingerprint density at radius 2 is 2.33 bits per heavy atom. The summed E-state index contributed by atoms with van der Waals surface area (Å²) in [7, 11) is 0. The fourth-order valence-electron chi connectivity index (χ4n) is 1.53. The van der Waals surface area contributed by atoms with Gasteiger partial charge in [-0.3, -0.25) is 0 Å². The SMILES string of the molecule is CCCCC1CCC(C(=O)O)O1. The van der Waals surface area contributed by atoms with Crippen LogP contribution in [0.15, 0.2) is 0 Å². The van der Waals surface area contributed by atoms with E-state index >= 15 is 0 Å². The molecule has 0 aromatic rings. The van der Waals surface area contributed by atoms with Crippen molar-refractivity contribution >= 4 is 5.97 Å². The molecule has 1 heterocycles. The molecule has 1 rings (SSSR count). The van der Waals surface area contributed by atoms with Crippen LogP contribution >= 0.6 is 0 Å². The maximum atomic E-state index is 10.5. The number of aliphatic carboxylic acids is 1. The first-order valence-corrected chi connectivity index (χ1v) is 4.62. The Kier molecular flexibility index (Phi) is 3.53. The van der Waals surface area contributed by atoms with Gasteiger partial charge in [-0.25, -0.2) is 4.79 Å². The number of unbranched alkanes of at least 4 members (excludes halogenated alkanes) is 1. The molecule has 0 amide bonds. The van der Waals surface area contributed by atoms with Gasteiger partial charge >= 0.3 is 5.97 Å². The van der Waals surface area contributed by atoms with Crippen molar-refractivity contribution in [1.82, 2.24) is 0 Å². The number of carboxylic acid groups (broad SMARTS) is 1. The van der Waals surface area contributed by atoms with Crippen molar-refractivity contribution in [1.29, 1.82) is 0 Å². The molecule has 1 aliphatic rings. The Hall–Kier alpha value is -0.570. The summed E-state index contributed by atoms with van der Waals surface area (Å²) in [5.74, 6) is -0.811. The standard InChI is InChI=1S/C9H16O3/c1-2-3-4-7-5-6-8(12-7)9(10)11/h7-8H,2-6H2,1H3,(H,10,11). The molecule has 70 valence electrons. The van der Waals surface area contributed by atoms with E-state index in [1.807, 2.05) is 0 Å². The lowest BCUT2D eigenvalue weighted by Gasteiger charge is -2.09. The molecule has 0 aromatic heterocycles. The fourth-order valence-corrected chi connectivity index (χ4v) is 1.53. The van der Waals surface area contributed by atoms with Crippen LogP contribution in [0, 0.1) is 0 Å². The van der Waals surface area contributed by atoms with Gasteiger partial charge in [0.25, 0.3) is 0 Å². The van der Waals surface area contributed by atoms with Gasteiger partial charge in [0, 0.05) is 0 Å². The van der Waals surface area contributed by atoms with Gasteiger partial charge in [0.1, 0.15) is 0 Å². The topological polar surface area (TPSA) is 46.5 Å². The van der Waals surface area contributed by atoms with Gasteiger partial charge < -0.3 is 9.84 Å². The molecule has 2 unspecified atom stereocenters. The molecule has 0 spiro atoms. The molecule has 3 nitrogen and oxygen atoms in total. The van der Waals surface area contributed by atoms with Gasteiger partial charge in [0.05, 0.1) is 6.10 Å². The molecule has 0 bridgehead atoms. The molecule has 1 N–H and O–H groups in total. The minimum atomic E-state index is -0.811. The van der Waals surface area contributed by atoms with Crippen LogP contribution in [0.1, 0.15) is 39.0 Å². The normalized spacial score (nSPS) is 29.1. The van der Waals surface area contributed by atoms with Crippen LogP contribution < -0.4 is 0 Å². The first-order chi connectivity index (χ1) is 5.74. The first kappa shape index (κ1) is 9.52. The summed E-state index contributed by atoms with van der Waals surface area (Å²) in [6.07, 6.45) is 4.56. The Balaban J connectivity index is 2.21. The van der Waals surface area contributed by atoms with Gasteiger partial charge in [-0.2, -0.15) is 0 Å². The number of carboxylic acids is 1. The largest absolute Gasteiger partial charge is 0.479 e. The van der Waals surface area contributed by atoms with E-state index in [4.69, 9.17) is 9.84 Å². The minimum absolute atomic E-state index is 0.200. The third-order valence-corrected chi connectivity index (χ3v) is 2.26. The van der Waals surface area contributed by atoms with Crippen LogP contribution in [-0.4, -0.2) is 23.3 Å². The van der Waals surface area contributed by atoms with E-state index < -0.39 is 12.1 Å². The van der Waals surface area contributed by atoms with E-state index in [2.05, 4.69) is 6.92 Å². The molecular weight excluding hydrogens is 156 g/mol. The summed E-state index contributed by atoms with van der Waals surface area (Å²) in [6, 6.07) is 0. The lowest BCUT2D eigenvalue weighted by atomic mass is 10.1. The van der Waals surface area contributed by atoms with Crippen molar-refractivity contribution < 1.29 is 14.6 Å².